The van der Waals surface area contributed by atoms with Crippen LogP contribution in [0.5, 0.6) is 0 Å². The molecule has 4 heteroatoms. The van der Waals surface area contributed by atoms with Gasteiger partial charge in [-0.2, -0.15) is 5.26 Å². The van der Waals surface area contributed by atoms with Crippen LogP contribution in [-0.2, 0) is 4.79 Å². The van der Waals surface area contributed by atoms with E-state index in [-0.39, 0.29) is 5.91 Å². The molecular formula is C15H18N2OS. The lowest BCUT2D eigenvalue weighted by Gasteiger charge is -2.29. The maximum absolute atomic E-state index is 12.4. The van der Waals surface area contributed by atoms with Gasteiger partial charge in [-0.1, -0.05) is 25.3 Å². The summed E-state index contributed by atoms with van der Waals surface area (Å²) in [6.45, 7) is 0. The molecule has 0 radical (unpaired) electrons. The van der Waals surface area contributed by atoms with E-state index in [1.165, 1.54) is 0 Å². The molecule has 0 spiro atoms. The van der Waals surface area contributed by atoms with Gasteiger partial charge in [0, 0.05) is 10.6 Å². The van der Waals surface area contributed by atoms with Gasteiger partial charge < -0.3 is 5.32 Å². The van der Waals surface area contributed by atoms with E-state index in [9.17, 15) is 10.1 Å². The lowest BCUT2D eigenvalue weighted by Crippen LogP contribution is -2.36. The smallest absolute Gasteiger partial charge is 0.244 e. The summed E-state index contributed by atoms with van der Waals surface area (Å²) in [6, 6.07) is 9.98. The molecular weight excluding hydrogens is 256 g/mol. The number of benzene rings is 1. The molecule has 1 aromatic carbocycles. The van der Waals surface area contributed by atoms with Crippen LogP contribution in [0.25, 0.3) is 0 Å². The Kier molecular flexibility index (Phi) is 4.49. The van der Waals surface area contributed by atoms with Gasteiger partial charge >= 0.3 is 0 Å². The maximum atomic E-state index is 12.4. The molecule has 1 N–H and O–H groups in total. The molecule has 1 amide bonds. The number of nitrogens with zero attached hydrogens (tertiary/aromatic N) is 1. The molecule has 1 aliphatic rings. The average molecular weight is 274 g/mol. The zero-order chi connectivity index (χ0) is 13.7. The first-order valence-corrected chi connectivity index (χ1v) is 7.79. The quantitative estimate of drug-likeness (QED) is 0.852. The first kappa shape index (κ1) is 14.0. The fourth-order valence-corrected chi connectivity index (χ4v) is 2.96. The first-order chi connectivity index (χ1) is 9.20. The van der Waals surface area contributed by atoms with Crippen LogP contribution in [0.2, 0.25) is 0 Å². The predicted molar refractivity (Wildman–Crippen MR) is 78.0 cm³/mol. The van der Waals surface area contributed by atoms with E-state index >= 15 is 0 Å². The van der Waals surface area contributed by atoms with Crippen molar-refractivity contribution in [2.24, 2.45) is 5.41 Å². The minimum absolute atomic E-state index is 0.145. The van der Waals surface area contributed by atoms with Crippen molar-refractivity contribution in [2.75, 3.05) is 11.6 Å². The molecule has 2 rings (SSSR count). The molecule has 1 aliphatic carbocycles. The summed E-state index contributed by atoms with van der Waals surface area (Å²) in [4.78, 5) is 13.5. The van der Waals surface area contributed by atoms with Gasteiger partial charge in [-0.15, -0.1) is 11.8 Å². The minimum atomic E-state index is -0.826. The first-order valence-electron chi connectivity index (χ1n) is 6.57. The summed E-state index contributed by atoms with van der Waals surface area (Å²) in [6.07, 6.45) is 6.41. The summed E-state index contributed by atoms with van der Waals surface area (Å²) in [5.41, 5.74) is -0.0507. The third-order valence-electron chi connectivity index (χ3n) is 3.68. The van der Waals surface area contributed by atoms with Crippen molar-refractivity contribution in [2.45, 2.75) is 37.0 Å². The molecule has 0 unspecified atom stereocenters. The molecule has 100 valence electrons. The van der Waals surface area contributed by atoms with E-state index in [0.29, 0.717) is 12.8 Å². The van der Waals surface area contributed by atoms with Crippen LogP contribution < -0.4 is 5.32 Å². The number of carbonyl (C=O) groups excluding carboxylic acids is 1. The predicted octanol–water partition coefficient (Wildman–Crippen LogP) is 3.82. The Morgan fingerprint density at radius 2 is 2.11 bits per heavy atom. The molecule has 1 aromatic rings. The Labute approximate surface area is 118 Å². The number of amides is 1. The van der Waals surface area contributed by atoms with E-state index in [1.807, 2.05) is 30.5 Å². The van der Waals surface area contributed by atoms with Crippen LogP contribution in [0.1, 0.15) is 32.1 Å². The van der Waals surface area contributed by atoms with Crippen molar-refractivity contribution in [3.05, 3.63) is 24.3 Å². The number of nitrogens with one attached hydrogen (secondary N) is 1. The SMILES string of the molecule is CSc1cccc(NC(=O)C2(C#N)CCCCC2)c1. The van der Waals surface area contributed by atoms with Gasteiger partial charge in [0.15, 0.2) is 0 Å². The lowest BCUT2D eigenvalue weighted by atomic mass is 9.74. The van der Waals surface area contributed by atoms with E-state index in [4.69, 9.17) is 0 Å². The summed E-state index contributed by atoms with van der Waals surface area (Å²) < 4.78 is 0. The number of rotatable bonds is 3. The van der Waals surface area contributed by atoms with Gasteiger partial charge in [0.2, 0.25) is 5.91 Å². The zero-order valence-corrected chi connectivity index (χ0v) is 11.9. The highest BCUT2D eigenvalue weighted by molar-refractivity contribution is 7.98. The van der Waals surface area contributed by atoms with Crippen LogP contribution in [0.3, 0.4) is 0 Å². The van der Waals surface area contributed by atoms with Crippen molar-refractivity contribution in [1.29, 1.82) is 5.26 Å². The van der Waals surface area contributed by atoms with E-state index in [2.05, 4.69) is 11.4 Å². The van der Waals surface area contributed by atoms with Crippen molar-refractivity contribution in [3.63, 3.8) is 0 Å². The van der Waals surface area contributed by atoms with Gasteiger partial charge in [0.05, 0.1) is 6.07 Å². The normalized spacial score (nSPS) is 17.5. The van der Waals surface area contributed by atoms with Crippen molar-refractivity contribution < 1.29 is 4.79 Å². The third-order valence-corrected chi connectivity index (χ3v) is 4.41. The van der Waals surface area contributed by atoms with Gasteiger partial charge in [-0.25, -0.2) is 0 Å². The van der Waals surface area contributed by atoms with Gasteiger partial charge in [0.25, 0.3) is 0 Å². The average Bonchev–Trinajstić information content (AvgIpc) is 2.48. The molecule has 0 atom stereocenters. The Hall–Kier alpha value is -1.47. The molecule has 19 heavy (non-hydrogen) atoms. The van der Waals surface area contributed by atoms with Crippen LogP contribution in [0.15, 0.2) is 29.2 Å². The van der Waals surface area contributed by atoms with Crippen LogP contribution in [0.4, 0.5) is 5.69 Å². The lowest BCUT2D eigenvalue weighted by molar-refractivity contribution is -0.124. The highest BCUT2D eigenvalue weighted by Gasteiger charge is 2.39. The molecule has 3 nitrogen and oxygen atoms in total. The largest absolute Gasteiger partial charge is 0.325 e. The molecule has 0 saturated heterocycles. The molecule has 0 aliphatic heterocycles. The van der Waals surface area contributed by atoms with Crippen molar-refractivity contribution in [1.82, 2.24) is 0 Å². The monoisotopic (exact) mass is 274 g/mol. The highest BCUT2D eigenvalue weighted by Crippen LogP contribution is 2.36. The third kappa shape index (κ3) is 3.10. The number of carbonyl (C=O) groups is 1. The van der Waals surface area contributed by atoms with Gasteiger partial charge in [-0.05, 0) is 37.3 Å². The van der Waals surface area contributed by atoms with E-state index < -0.39 is 5.41 Å². The summed E-state index contributed by atoms with van der Waals surface area (Å²) in [5, 5.41) is 12.3. The second-order valence-corrected chi connectivity index (χ2v) is 5.82. The second kappa shape index (κ2) is 6.12. The molecule has 0 heterocycles. The number of hydrogen-bond acceptors (Lipinski definition) is 3. The van der Waals surface area contributed by atoms with Crippen LogP contribution >= 0.6 is 11.8 Å². The topological polar surface area (TPSA) is 52.9 Å². The van der Waals surface area contributed by atoms with Gasteiger partial charge in [-0.3, -0.25) is 4.79 Å². The molecule has 0 bridgehead atoms. The fourth-order valence-electron chi connectivity index (χ4n) is 2.50. The fraction of sp³-hybridized carbons (Fsp3) is 0.467. The Bertz CT molecular complexity index is 501. The second-order valence-electron chi connectivity index (χ2n) is 4.94. The number of anilines is 1. The number of thioether (sulfide) groups is 1. The Balaban J connectivity index is 2.13. The van der Waals surface area contributed by atoms with E-state index in [1.54, 1.807) is 11.8 Å². The highest BCUT2D eigenvalue weighted by atomic mass is 32.2. The molecule has 1 fully saturated rings. The maximum Gasteiger partial charge on any atom is 0.244 e. The van der Waals surface area contributed by atoms with Crippen molar-refractivity contribution >= 4 is 23.4 Å². The van der Waals surface area contributed by atoms with Crippen LogP contribution in [-0.4, -0.2) is 12.2 Å². The minimum Gasteiger partial charge on any atom is -0.325 e. The number of hydrogen-bond donors (Lipinski definition) is 1. The molecule has 1 saturated carbocycles. The van der Waals surface area contributed by atoms with Crippen LogP contribution in [0, 0.1) is 16.7 Å². The van der Waals surface area contributed by atoms with E-state index in [0.717, 1.165) is 29.8 Å². The van der Waals surface area contributed by atoms with Gasteiger partial charge in [0.1, 0.15) is 5.41 Å². The molecule has 0 aromatic heterocycles. The Morgan fingerprint density at radius 3 is 2.74 bits per heavy atom. The summed E-state index contributed by atoms with van der Waals surface area (Å²) in [7, 11) is 0. The number of nitriles is 1. The standard InChI is InChI=1S/C15H18N2OS/c1-19-13-7-5-6-12(10-13)17-14(18)15(11-16)8-3-2-4-9-15/h5-7,10H,2-4,8-9H2,1H3,(H,17,18). The Morgan fingerprint density at radius 1 is 1.37 bits per heavy atom. The zero-order valence-electron chi connectivity index (χ0n) is 11.1. The van der Waals surface area contributed by atoms with Crippen molar-refractivity contribution in [3.8, 4) is 6.07 Å². The summed E-state index contributed by atoms with van der Waals surface area (Å²) >= 11 is 1.63. The summed E-state index contributed by atoms with van der Waals surface area (Å²) in [5.74, 6) is -0.145.